The summed E-state index contributed by atoms with van der Waals surface area (Å²) >= 11 is 0. The van der Waals surface area contributed by atoms with Gasteiger partial charge in [0.05, 0.1) is 12.0 Å². The number of amides is 1. The molecule has 3 N–H and O–H groups in total. The van der Waals surface area contributed by atoms with Crippen LogP contribution in [0.1, 0.15) is 23.7 Å². The molecule has 4 nitrogen and oxygen atoms in total. The van der Waals surface area contributed by atoms with E-state index in [0.29, 0.717) is 0 Å². The molecule has 0 aliphatic heterocycles. The molecule has 1 aromatic rings. The average Bonchev–Trinajstić information content (AvgIpc) is 2.13. The van der Waals surface area contributed by atoms with Crippen molar-refractivity contribution in [2.24, 2.45) is 0 Å². The number of phenolic OH excluding ortho intramolecular Hbond substituents is 2. The molecule has 0 aliphatic rings. The van der Waals surface area contributed by atoms with E-state index in [9.17, 15) is 23.1 Å². The molecular formula is C11H12F3NO3. The summed E-state index contributed by atoms with van der Waals surface area (Å²) in [5, 5.41) is 20.5. The van der Waals surface area contributed by atoms with Gasteiger partial charge in [0, 0.05) is 12.1 Å². The third-order valence-electron chi connectivity index (χ3n) is 2.14. The summed E-state index contributed by atoms with van der Waals surface area (Å²) in [7, 11) is 0. The fourth-order valence-electron chi connectivity index (χ4n) is 1.41. The van der Waals surface area contributed by atoms with Crippen LogP contribution >= 0.6 is 0 Å². The normalized spacial score (nSPS) is 13.1. The van der Waals surface area contributed by atoms with Crippen LogP contribution in [0.15, 0.2) is 18.2 Å². The summed E-state index contributed by atoms with van der Waals surface area (Å²) in [5.74, 6) is -1.57. The van der Waals surface area contributed by atoms with Gasteiger partial charge in [-0.05, 0) is 19.1 Å². The number of benzene rings is 1. The molecule has 18 heavy (non-hydrogen) atoms. The number of hydrogen-bond donors (Lipinski definition) is 3. The second kappa shape index (κ2) is 5.16. The van der Waals surface area contributed by atoms with Crippen LogP contribution in [0.5, 0.6) is 11.5 Å². The van der Waals surface area contributed by atoms with E-state index in [1.54, 1.807) is 0 Å². The van der Waals surface area contributed by atoms with Crippen LogP contribution in [0.25, 0.3) is 0 Å². The number of phenols is 2. The Morgan fingerprint density at radius 3 is 2.50 bits per heavy atom. The number of carbonyl (C=O) groups excluding carboxylic acids is 1. The van der Waals surface area contributed by atoms with Gasteiger partial charge in [0.25, 0.3) is 5.91 Å². The van der Waals surface area contributed by atoms with Gasteiger partial charge in [0.15, 0.2) is 0 Å². The first-order valence-electron chi connectivity index (χ1n) is 5.08. The molecule has 1 rings (SSSR count). The Morgan fingerprint density at radius 1 is 1.39 bits per heavy atom. The topological polar surface area (TPSA) is 69.6 Å². The monoisotopic (exact) mass is 263 g/mol. The first kappa shape index (κ1) is 14.1. The molecule has 7 heteroatoms. The SMILES string of the molecule is CC(CC(F)(F)F)NC(=O)c1ccc(O)cc1O. The van der Waals surface area contributed by atoms with E-state index in [0.717, 1.165) is 18.2 Å². The van der Waals surface area contributed by atoms with Crippen LogP contribution < -0.4 is 5.32 Å². The Morgan fingerprint density at radius 2 is 2.00 bits per heavy atom. The minimum atomic E-state index is -4.37. The quantitative estimate of drug-likeness (QED) is 0.782. The molecule has 100 valence electrons. The van der Waals surface area contributed by atoms with Gasteiger partial charge in [-0.2, -0.15) is 13.2 Å². The van der Waals surface area contributed by atoms with Crippen molar-refractivity contribution in [3.05, 3.63) is 23.8 Å². The van der Waals surface area contributed by atoms with Gasteiger partial charge >= 0.3 is 6.18 Å². The molecule has 0 radical (unpaired) electrons. The number of nitrogens with one attached hydrogen (secondary N) is 1. The second-order valence-electron chi connectivity index (χ2n) is 3.90. The lowest BCUT2D eigenvalue weighted by atomic mass is 10.1. The summed E-state index contributed by atoms with van der Waals surface area (Å²) in [6.07, 6.45) is -5.53. The van der Waals surface area contributed by atoms with Crippen molar-refractivity contribution in [1.29, 1.82) is 0 Å². The maximum atomic E-state index is 12.1. The smallest absolute Gasteiger partial charge is 0.391 e. The highest BCUT2D eigenvalue weighted by molar-refractivity contribution is 5.97. The van der Waals surface area contributed by atoms with Crippen molar-refractivity contribution in [3.8, 4) is 11.5 Å². The molecular weight excluding hydrogens is 251 g/mol. The number of halogens is 3. The molecule has 0 heterocycles. The van der Waals surface area contributed by atoms with Crippen molar-refractivity contribution < 1.29 is 28.2 Å². The number of alkyl halides is 3. The zero-order chi connectivity index (χ0) is 13.9. The maximum Gasteiger partial charge on any atom is 0.391 e. The van der Waals surface area contributed by atoms with Crippen molar-refractivity contribution in [1.82, 2.24) is 5.32 Å². The fraction of sp³-hybridized carbons (Fsp3) is 0.364. The number of carbonyl (C=O) groups is 1. The Labute approximate surface area is 101 Å². The zero-order valence-corrected chi connectivity index (χ0v) is 9.45. The predicted octanol–water partition coefficient (Wildman–Crippen LogP) is 2.17. The molecule has 0 saturated heterocycles. The molecule has 0 aromatic heterocycles. The van der Waals surface area contributed by atoms with Crippen LogP contribution in [-0.2, 0) is 0 Å². The standard InChI is InChI=1S/C11H12F3NO3/c1-6(5-11(12,13)14)15-10(18)8-3-2-7(16)4-9(8)17/h2-4,6,16-17H,5H2,1H3,(H,15,18). The van der Waals surface area contributed by atoms with Gasteiger partial charge in [-0.3, -0.25) is 4.79 Å². The fourth-order valence-corrected chi connectivity index (χ4v) is 1.41. The lowest BCUT2D eigenvalue weighted by Crippen LogP contribution is -2.35. The van der Waals surface area contributed by atoms with Gasteiger partial charge in [-0.15, -0.1) is 0 Å². The van der Waals surface area contributed by atoms with E-state index in [4.69, 9.17) is 5.11 Å². The van der Waals surface area contributed by atoms with E-state index in [1.807, 2.05) is 0 Å². The third-order valence-corrected chi connectivity index (χ3v) is 2.14. The molecule has 1 aromatic carbocycles. The van der Waals surface area contributed by atoms with Gasteiger partial charge in [-0.25, -0.2) is 0 Å². The third kappa shape index (κ3) is 4.15. The Hall–Kier alpha value is -1.92. The van der Waals surface area contributed by atoms with Crippen molar-refractivity contribution >= 4 is 5.91 Å². The lowest BCUT2D eigenvalue weighted by Gasteiger charge is -2.16. The molecule has 1 amide bonds. The predicted molar refractivity (Wildman–Crippen MR) is 57.4 cm³/mol. The number of hydrogen-bond acceptors (Lipinski definition) is 3. The first-order valence-corrected chi connectivity index (χ1v) is 5.08. The number of rotatable bonds is 3. The Balaban J connectivity index is 2.71. The molecule has 0 saturated carbocycles. The van der Waals surface area contributed by atoms with E-state index >= 15 is 0 Å². The second-order valence-corrected chi connectivity index (χ2v) is 3.90. The zero-order valence-electron chi connectivity index (χ0n) is 9.45. The molecule has 0 fully saturated rings. The summed E-state index contributed by atoms with van der Waals surface area (Å²) in [6, 6.07) is 2.11. The Kier molecular flexibility index (Phi) is 4.05. The summed E-state index contributed by atoms with van der Waals surface area (Å²) in [5.41, 5.74) is -0.193. The van der Waals surface area contributed by atoms with Crippen LogP contribution in [0, 0.1) is 0 Å². The van der Waals surface area contributed by atoms with E-state index in [-0.39, 0.29) is 11.3 Å². The van der Waals surface area contributed by atoms with Gasteiger partial charge in [-0.1, -0.05) is 0 Å². The molecule has 1 unspecified atom stereocenters. The first-order chi connectivity index (χ1) is 8.19. The summed E-state index contributed by atoms with van der Waals surface area (Å²) in [4.78, 5) is 11.6. The highest BCUT2D eigenvalue weighted by Crippen LogP contribution is 2.24. The highest BCUT2D eigenvalue weighted by Gasteiger charge is 2.30. The average molecular weight is 263 g/mol. The molecule has 0 aliphatic carbocycles. The van der Waals surface area contributed by atoms with Crippen LogP contribution in [0.3, 0.4) is 0 Å². The van der Waals surface area contributed by atoms with Gasteiger partial charge < -0.3 is 15.5 Å². The minimum absolute atomic E-state index is 0.193. The van der Waals surface area contributed by atoms with Crippen LogP contribution in [-0.4, -0.2) is 28.3 Å². The lowest BCUT2D eigenvalue weighted by molar-refractivity contribution is -0.138. The minimum Gasteiger partial charge on any atom is -0.508 e. The van der Waals surface area contributed by atoms with Gasteiger partial charge in [0.1, 0.15) is 11.5 Å². The van der Waals surface area contributed by atoms with Gasteiger partial charge in [0.2, 0.25) is 0 Å². The molecule has 0 spiro atoms. The molecule has 1 atom stereocenters. The van der Waals surface area contributed by atoms with E-state index < -0.39 is 30.3 Å². The van der Waals surface area contributed by atoms with Crippen LogP contribution in [0.2, 0.25) is 0 Å². The summed E-state index contributed by atoms with van der Waals surface area (Å²) in [6.45, 7) is 1.21. The largest absolute Gasteiger partial charge is 0.508 e. The maximum absolute atomic E-state index is 12.1. The van der Waals surface area contributed by atoms with E-state index in [1.165, 1.54) is 6.92 Å². The summed E-state index contributed by atoms with van der Waals surface area (Å²) < 4.78 is 36.2. The molecule has 0 bridgehead atoms. The van der Waals surface area contributed by atoms with Crippen molar-refractivity contribution in [2.45, 2.75) is 25.6 Å². The van der Waals surface area contributed by atoms with Crippen molar-refractivity contribution in [3.63, 3.8) is 0 Å². The van der Waals surface area contributed by atoms with E-state index in [2.05, 4.69) is 5.32 Å². The van der Waals surface area contributed by atoms with Crippen LogP contribution in [0.4, 0.5) is 13.2 Å². The number of aromatic hydroxyl groups is 2. The highest BCUT2D eigenvalue weighted by atomic mass is 19.4. The van der Waals surface area contributed by atoms with Crippen molar-refractivity contribution in [2.75, 3.05) is 0 Å². The Bertz CT molecular complexity index is 446.